The Morgan fingerprint density at radius 2 is 1.89 bits per heavy atom. The lowest BCUT2D eigenvalue weighted by atomic mass is 9.91. The highest BCUT2D eigenvalue weighted by Gasteiger charge is 2.46. The first-order chi connectivity index (χ1) is 13.2. The topological polar surface area (TPSA) is 99.5 Å². The molecular weight excluding hydrogens is 354 g/mol. The van der Waals surface area contributed by atoms with Crippen molar-refractivity contribution < 1.29 is 9.59 Å². The van der Waals surface area contributed by atoms with Crippen LogP contribution >= 0.6 is 0 Å². The molecule has 2 atom stereocenters. The minimum atomic E-state index is -0.609. The summed E-state index contributed by atoms with van der Waals surface area (Å²) in [5.41, 5.74) is 7.58. The quantitative estimate of drug-likeness (QED) is 0.487. The third-order valence-corrected chi connectivity index (χ3v) is 5.00. The third-order valence-electron chi connectivity index (χ3n) is 5.00. The molecule has 0 aromatic heterocycles. The first-order valence-electron chi connectivity index (χ1n) is 10.2. The summed E-state index contributed by atoms with van der Waals surface area (Å²) in [4.78, 5) is 26.3. The van der Waals surface area contributed by atoms with Gasteiger partial charge in [0.25, 0.3) is 0 Å². The zero-order valence-electron chi connectivity index (χ0n) is 17.5. The summed E-state index contributed by atoms with van der Waals surface area (Å²) in [6.45, 7) is 9.84. The minimum absolute atomic E-state index is 0.0446. The van der Waals surface area contributed by atoms with E-state index in [-0.39, 0.29) is 11.9 Å². The maximum atomic E-state index is 12.9. The molecule has 0 saturated carbocycles. The Balaban J connectivity index is 1.88. The molecule has 3 amide bonds. The molecule has 1 aromatic rings. The van der Waals surface area contributed by atoms with Gasteiger partial charge >= 0.3 is 6.03 Å². The molecule has 1 aliphatic heterocycles. The molecule has 1 aromatic carbocycles. The van der Waals surface area contributed by atoms with Gasteiger partial charge < -0.3 is 15.5 Å². The molecule has 7 nitrogen and oxygen atoms in total. The van der Waals surface area contributed by atoms with Gasteiger partial charge in [-0.2, -0.15) is 0 Å². The Hall–Kier alpha value is -2.12. The van der Waals surface area contributed by atoms with Crippen molar-refractivity contribution >= 4 is 11.9 Å². The predicted molar refractivity (Wildman–Crippen MR) is 111 cm³/mol. The molecule has 0 spiro atoms. The number of hydrogen-bond donors (Lipinski definition) is 4. The van der Waals surface area contributed by atoms with E-state index in [0.717, 1.165) is 30.4 Å². The van der Waals surface area contributed by atoms with Crippen LogP contribution in [0.2, 0.25) is 0 Å². The molecular formula is C21H35N5O2. The molecule has 7 heteroatoms. The number of nitrogens with zero attached hydrogens (tertiary/aromatic N) is 1. The summed E-state index contributed by atoms with van der Waals surface area (Å²) in [7, 11) is 0. The van der Waals surface area contributed by atoms with Gasteiger partial charge in [-0.25, -0.2) is 4.79 Å². The first-order valence-corrected chi connectivity index (χ1v) is 10.2. The van der Waals surface area contributed by atoms with Crippen molar-refractivity contribution in [3.8, 4) is 0 Å². The number of rotatable bonds is 9. The van der Waals surface area contributed by atoms with Crippen LogP contribution in [-0.4, -0.2) is 35.2 Å². The fourth-order valence-electron chi connectivity index (χ4n) is 3.62. The van der Waals surface area contributed by atoms with Gasteiger partial charge in [0, 0.05) is 19.6 Å². The van der Waals surface area contributed by atoms with E-state index in [2.05, 4.69) is 36.7 Å². The number of urea groups is 1. The van der Waals surface area contributed by atoms with Crippen LogP contribution < -0.4 is 21.7 Å². The fourth-order valence-corrected chi connectivity index (χ4v) is 3.62. The molecule has 1 heterocycles. The first kappa shape index (κ1) is 22.2. The molecule has 0 radical (unpaired) electrons. The Morgan fingerprint density at radius 3 is 2.50 bits per heavy atom. The normalized spacial score (nSPS) is 22.0. The molecule has 0 bridgehead atoms. The van der Waals surface area contributed by atoms with E-state index in [1.54, 1.807) is 4.90 Å². The van der Waals surface area contributed by atoms with Crippen molar-refractivity contribution in [2.45, 2.75) is 71.9 Å². The van der Waals surface area contributed by atoms with Gasteiger partial charge in [0.15, 0.2) is 0 Å². The zero-order valence-corrected chi connectivity index (χ0v) is 17.5. The molecule has 28 heavy (non-hydrogen) atoms. The molecule has 5 N–H and O–H groups in total. The van der Waals surface area contributed by atoms with Crippen molar-refractivity contribution in [2.75, 3.05) is 6.54 Å². The highest BCUT2D eigenvalue weighted by Crippen LogP contribution is 2.26. The number of carbonyl (C=O) groups excluding carboxylic acids is 2. The Kier molecular flexibility index (Phi) is 7.83. The number of nitrogens with two attached hydrogens (primary N) is 1. The van der Waals surface area contributed by atoms with Crippen molar-refractivity contribution in [1.29, 1.82) is 0 Å². The van der Waals surface area contributed by atoms with E-state index < -0.39 is 11.8 Å². The SMILES string of the molecule is CCCCNC(=O)NCc1ccc(CN2C(=O)[C@@](C)(CC(C)C)NC2N)cc1. The van der Waals surface area contributed by atoms with E-state index >= 15 is 0 Å². The molecule has 156 valence electrons. The van der Waals surface area contributed by atoms with E-state index in [1.807, 2.05) is 31.2 Å². The highest BCUT2D eigenvalue weighted by molar-refractivity contribution is 5.88. The maximum absolute atomic E-state index is 12.9. The number of unbranched alkanes of at least 4 members (excludes halogenated alkanes) is 1. The van der Waals surface area contributed by atoms with Crippen LogP contribution in [-0.2, 0) is 17.9 Å². The van der Waals surface area contributed by atoms with Gasteiger partial charge in [0.2, 0.25) is 5.91 Å². The number of hydrogen-bond acceptors (Lipinski definition) is 4. The monoisotopic (exact) mass is 389 g/mol. The largest absolute Gasteiger partial charge is 0.338 e. The minimum Gasteiger partial charge on any atom is -0.338 e. The van der Waals surface area contributed by atoms with E-state index in [0.29, 0.717) is 25.6 Å². The van der Waals surface area contributed by atoms with Crippen LogP contribution in [0.3, 0.4) is 0 Å². The van der Waals surface area contributed by atoms with Crippen molar-refractivity contribution in [3.63, 3.8) is 0 Å². The Morgan fingerprint density at radius 1 is 1.25 bits per heavy atom. The molecule has 2 rings (SSSR count). The van der Waals surface area contributed by atoms with Gasteiger partial charge in [0.05, 0.1) is 5.54 Å². The van der Waals surface area contributed by atoms with Crippen LogP contribution in [0.5, 0.6) is 0 Å². The molecule has 1 fully saturated rings. The van der Waals surface area contributed by atoms with Crippen LogP contribution in [0, 0.1) is 5.92 Å². The van der Waals surface area contributed by atoms with E-state index in [1.165, 1.54) is 0 Å². The van der Waals surface area contributed by atoms with Crippen molar-refractivity contribution in [3.05, 3.63) is 35.4 Å². The zero-order chi connectivity index (χ0) is 20.7. The highest BCUT2D eigenvalue weighted by atomic mass is 16.2. The lowest BCUT2D eigenvalue weighted by molar-refractivity contribution is -0.133. The van der Waals surface area contributed by atoms with Gasteiger partial charge in [-0.3, -0.25) is 15.8 Å². The van der Waals surface area contributed by atoms with Crippen LogP contribution in [0.15, 0.2) is 24.3 Å². The van der Waals surface area contributed by atoms with Gasteiger partial charge in [0.1, 0.15) is 6.29 Å². The smallest absolute Gasteiger partial charge is 0.315 e. The van der Waals surface area contributed by atoms with Crippen LogP contribution in [0.4, 0.5) is 4.79 Å². The van der Waals surface area contributed by atoms with Gasteiger partial charge in [-0.15, -0.1) is 0 Å². The lowest BCUT2D eigenvalue weighted by Crippen LogP contribution is -2.48. The van der Waals surface area contributed by atoms with Crippen molar-refractivity contribution in [2.24, 2.45) is 11.7 Å². The average Bonchev–Trinajstić information content (AvgIpc) is 2.83. The molecule has 1 saturated heterocycles. The fraction of sp³-hybridized carbons (Fsp3) is 0.619. The Labute approximate surface area is 168 Å². The summed E-state index contributed by atoms with van der Waals surface area (Å²) >= 11 is 0. The predicted octanol–water partition coefficient (Wildman–Crippen LogP) is 2.26. The summed E-state index contributed by atoms with van der Waals surface area (Å²) in [5, 5.41) is 8.92. The van der Waals surface area contributed by atoms with Gasteiger partial charge in [-0.1, -0.05) is 51.5 Å². The number of benzene rings is 1. The summed E-state index contributed by atoms with van der Waals surface area (Å²) in [5.74, 6) is 0.447. The maximum Gasteiger partial charge on any atom is 0.315 e. The molecule has 1 aliphatic rings. The number of nitrogens with one attached hydrogen (secondary N) is 3. The second kappa shape index (κ2) is 9.89. The van der Waals surface area contributed by atoms with Crippen molar-refractivity contribution in [1.82, 2.24) is 20.9 Å². The second-order valence-electron chi connectivity index (χ2n) is 8.23. The Bertz CT molecular complexity index is 661. The standard InChI is InChI=1S/C21H35N5O2/c1-5-6-11-23-20(28)24-13-16-7-9-17(10-8-16)14-26-18(27)21(4,12-15(2)3)25-19(26)22/h7-10,15,19,25H,5-6,11-14,22H2,1-4H3,(H2,23,24,28)/t19?,21-/m1/s1. The number of carbonyl (C=O) groups is 2. The summed E-state index contributed by atoms with van der Waals surface area (Å²) < 4.78 is 0. The van der Waals surface area contributed by atoms with Crippen LogP contribution in [0.25, 0.3) is 0 Å². The van der Waals surface area contributed by atoms with E-state index in [9.17, 15) is 9.59 Å². The second-order valence-corrected chi connectivity index (χ2v) is 8.23. The molecule has 1 unspecified atom stereocenters. The third kappa shape index (κ3) is 5.94. The van der Waals surface area contributed by atoms with Crippen LogP contribution in [0.1, 0.15) is 58.1 Å². The number of amides is 3. The summed E-state index contributed by atoms with van der Waals surface area (Å²) in [6, 6.07) is 7.73. The lowest BCUT2D eigenvalue weighted by Gasteiger charge is -2.24. The average molecular weight is 390 g/mol. The van der Waals surface area contributed by atoms with Gasteiger partial charge in [-0.05, 0) is 36.8 Å². The van der Waals surface area contributed by atoms with E-state index in [4.69, 9.17) is 5.73 Å². The molecule has 0 aliphatic carbocycles. The summed E-state index contributed by atoms with van der Waals surface area (Å²) in [6.07, 6.45) is 2.30.